The molecule has 3 nitrogen and oxygen atoms in total. The molecule has 0 aliphatic rings. The fourth-order valence-electron chi connectivity index (χ4n) is 1.32. The Morgan fingerprint density at radius 3 is 2.56 bits per heavy atom. The van der Waals surface area contributed by atoms with Gasteiger partial charge in [-0.2, -0.15) is 13.2 Å². The van der Waals surface area contributed by atoms with Crippen molar-refractivity contribution in [2.75, 3.05) is 13.2 Å². The lowest BCUT2D eigenvalue weighted by Gasteiger charge is -2.13. The molecule has 7 heteroatoms. The van der Waals surface area contributed by atoms with Gasteiger partial charge in [0.1, 0.15) is 10.7 Å². The lowest BCUT2D eigenvalue weighted by Crippen LogP contribution is -2.18. The van der Waals surface area contributed by atoms with Crippen LogP contribution in [0.3, 0.4) is 0 Å². The van der Waals surface area contributed by atoms with Gasteiger partial charge < -0.3 is 15.6 Å². The molecule has 0 fully saturated rings. The van der Waals surface area contributed by atoms with Gasteiger partial charge in [-0.05, 0) is 18.2 Å². The monoisotopic (exact) mass is 279 g/mol. The smallest absolute Gasteiger partial charge is 0.417 e. The zero-order chi connectivity index (χ0) is 13.8. The Labute approximate surface area is 107 Å². The Morgan fingerprint density at radius 1 is 1.39 bits per heavy atom. The Bertz CT molecular complexity index is 435. The summed E-state index contributed by atoms with van der Waals surface area (Å²) in [6.45, 7) is 0.154. The van der Waals surface area contributed by atoms with Crippen LogP contribution in [0, 0.1) is 0 Å². The van der Waals surface area contributed by atoms with Crippen LogP contribution in [0.4, 0.5) is 13.2 Å². The largest absolute Gasteiger partial charge is 0.493 e. The highest BCUT2D eigenvalue weighted by atomic mass is 32.1. The minimum absolute atomic E-state index is 0.0528. The van der Waals surface area contributed by atoms with Crippen molar-refractivity contribution in [3.63, 3.8) is 0 Å². The average molecular weight is 279 g/mol. The van der Waals surface area contributed by atoms with E-state index in [2.05, 4.69) is 12.2 Å². The SMILES string of the molecule is NC(=S)c1cc(OCCCO)ccc1C(F)(F)F. The van der Waals surface area contributed by atoms with Crippen LogP contribution < -0.4 is 10.5 Å². The molecule has 0 aliphatic carbocycles. The Hall–Kier alpha value is -1.34. The van der Waals surface area contributed by atoms with Gasteiger partial charge in [-0.25, -0.2) is 0 Å². The molecule has 0 unspecified atom stereocenters. The number of halogens is 3. The third-order valence-corrected chi connectivity index (χ3v) is 2.35. The first kappa shape index (κ1) is 14.7. The summed E-state index contributed by atoms with van der Waals surface area (Å²) in [6, 6.07) is 3.23. The molecule has 0 heterocycles. The van der Waals surface area contributed by atoms with E-state index in [4.69, 9.17) is 15.6 Å². The maximum Gasteiger partial charge on any atom is 0.417 e. The van der Waals surface area contributed by atoms with E-state index in [-0.39, 0.29) is 29.5 Å². The summed E-state index contributed by atoms with van der Waals surface area (Å²) in [4.78, 5) is -0.338. The molecule has 0 amide bonds. The molecule has 0 aromatic heterocycles. The van der Waals surface area contributed by atoms with Crippen LogP contribution in [0.15, 0.2) is 18.2 Å². The van der Waals surface area contributed by atoms with E-state index in [1.807, 2.05) is 0 Å². The van der Waals surface area contributed by atoms with Crippen molar-refractivity contribution in [1.82, 2.24) is 0 Å². The number of alkyl halides is 3. The third-order valence-electron chi connectivity index (χ3n) is 2.13. The highest BCUT2D eigenvalue weighted by molar-refractivity contribution is 7.80. The number of aliphatic hydroxyl groups is 1. The molecule has 0 atom stereocenters. The summed E-state index contributed by atoms with van der Waals surface area (Å²) in [6.07, 6.45) is -4.12. The van der Waals surface area contributed by atoms with E-state index in [1.54, 1.807) is 0 Å². The molecular formula is C11H12F3NO2S. The van der Waals surface area contributed by atoms with Crippen molar-refractivity contribution in [1.29, 1.82) is 0 Å². The van der Waals surface area contributed by atoms with Crippen molar-refractivity contribution >= 4 is 17.2 Å². The number of hydrogen-bond acceptors (Lipinski definition) is 3. The minimum Gasteiger partial charge on any atom is -0.493 e. The van der Waals surface area contributed by atoms with E-state index in [9.17, 15) is 13.2 Å². The van der Waals surface area contributed by atoms with Crippen molar-refractivity contribution < 1.29 is 23.0 Å². The Balaban J connectivity index is 3.01. The van der Waals surface area contributed by atoms with Crippen LogP contribution in [-0.4, -0.2) is 23.3 Å². The second-order valence-corrected chi connectivity index (χ2v) is 3.93. The summed E-state index contributed by atoms with van der Waals surface area (Å²) in [5, 5.41) is 8.57. The number of rotatable bonds is 5. The van der Waals surface area contributed by atoms with Crippen LogP contribution in [0.2, 0.25) is 0 Å². The van der Waals surface area contributed by atoms with Crippen LogP contribution in [-0.2, 0) is 6.18 Å². The van der Waals surface area contributed by atoms with Gasteiger partial charge in [-0.1, -0.05) is 12.2 Å². The Kier molecular flexibility index (Phi) is 4.92. The highest BCUT2D eigenvalue weighted by Gasteiger charge is 2.34. The van der Waals surface area contributed by atoms with Crippen molar-refractivity contribution in [3.05, 3.63) is 29.3 Å². The van der Waals surface area contributed by atoms with Crippen molar-refractivity contribution in [3.8, 4) is 5.75 Å². The van der Waals surface area contributed by atoms with E-state index in [0.717, 1.165) is 12.1 Å². The number of aliphatic hydroxyl groups excluding tert-OH is 1. The van der Waals surface area contributed by atoms with Crippen molar-refractivity contribution in [2.45, 2.75) is 12.6 Å². The molecule has 1 aromatic rings. The average Bonchev–Trinajstić information content (AvgIpc) is 2.27. The lowest BCUT2D eigenvalue weighted by molar-refractivity contribution is -0.137. The minimum atomic E-state index is -4.51. The lowest BCUT2D eigenvalue weighted by atomic mass is 10.1. The summed E-state index contributed by atoms with van der Waals surface area (Å²) in [7, 11) is 0. The summed E-state index contributed by atoms with van der Waals surface area (Å²) >= 11 is 4.60. The molecule has 18 heavy (non-hydrogen) atoms. The first-order valence-corrected chi connectivity index (χ1v) is 5.52. The molecule has 0 spiro atoms. The fraction of sp³-hybridized carbons (Fsp3) is 0.364. The quantitative estimate of drug-likeness (QED) is 0.640. The van der Waals surface area contributed by atoms with Gasteiger partial charge in [0.25, 0.3) is 0 Å². The topological polar surface area (TPSA) is 55.5 Å². The second kappa shape index (κ2) is 6.01. The van der Waals surface area contributed by atoms with Crippen LogP contribution in [0.5, 0.6) is 5.75 Å². The molecule has 100 valence electrons. The summed E-state index contributed by atoms with van der Waals surface area (Å²) < 4.78 is 43.1. The van der Waals surface area contributed by atoms with Gasteiger partial charge in [0.05, 0.1) is 12.2 Å². The van der Waals surface area contributed by atoms with E-state index >= 15 is 0 Å². The zero-order valence-electron chi connectivity index (χ0n) is 9.33. The van der Waals surface area contributed by atoms with E-state index in [0.29, 0.717) is 6.42 Å². The molecule has 0 radical (unpaired) electrons. The van der Waals surface area contributed by atoms with Gasteiger partial charge in [-0.15, -0.1) is 0 Å². The van der Waals surface area contributed by atoms with Gasteiger partial charge in [0.15, 0.2) is 0 Å². The number of hydrogen-bond donors (Lipinski definition) is 2. The molecule has 3 N–H and O–H groups in total. The van der Waals surface area contributed by atoms with E-state index < -0.39 is 11.7 Å². The number of benzene rings is 1. The molecule has 1 rings (SSSR count). The molecule has 0 saturated heterocycles. The van der Waals surface area contributed by atoms with Crippen LogP contribution in [0.25, 0.3) is 0 Å². The normalized spacial score (nSPS) is 11.3. The maximum absolute atomic E-state index is 12.7. The molecule has 0 bridgehead atoms. The van der Waals surface area contributed by atoms with Crippen LogP contribution in [0.1, 0.15) is 17.5 Å². The number of nitrogens with two attached hydrogens (primary N) is 1. The van der Waals surface area contributed by atoms with Gasteiger partial charge >= 0.3 is 6.18 Å². The molecular weight excluding hydrogens is 267 g/mol. The first-order chi connectivity index (χ1) is 8.36. The standard InChI is InChI=1S/C11H12F3NO2S/c12-11(13,14)9-3-2-7(17-5-1-4-16)6-8(9)10(15)18/h2-3,6,16H,1,4-5H2,(H2,15,18). The first-order valence-electron chi connectivity index (χ1n) is 5.11. The second-order valence-electron chi connectivity index (χ2n) is 3.50. The van der Waals surface area contributed by atoms with E-state index in [1.165, 1.54) is 6.07 Å². The number of thiocarbonyl (C=S) groups is 1. The summed E-state index contributed by atoms with van der Waals surface area (Å²) in [5.74, 6) is 0.235. The molecule has 0 saturated carbocycles. The van der Waals surface area contributed by atoms with Gasteiger partial charge in [0, 0.05) is 18.6 Å². The zero-order valence-corrected chi connectivity index (χ0v) is 10.1. The van der Waals surface area contributed by atoms with Gasteiger partial charge in [0.2, 0.25) is 0 Å². The van der Waals surface area contributed by atoms with Gasteiger partial charge in [-0.3, -0.25) is 0 Å². The molecule has 0 aliphatic heterocycles. The predicted molar refractivity (Wildman–Crippen MR) is 64.5 cm³/mol. The third kappa shape index (κ3) is 3.85. The highest BCUT2D eigenvalue weighted by Crippen LogP contribution is 2.33. The molecule has 1 aromatic carbocycles. The number of ether oxygens (including phenoxy) is 1. The predicted octanol–water partition coefficient (Wildman–Crippen LogP) is 2.10. The van der Waals surface area contributed by atoms with Crippen molar-refractivity contribution in [2.24, 2.45) is 5.73 Å². The maximum atomic E-state index is 12.7. The van der Waals surface area contributed by atoms with Crippen LogP contribution >= 0.6 is 12.2 Å². The summed E-state index contributed by atoms with van der Waals surface area (Å²) in [5.41, 5.74) is 4.12. The Morgan fingerprint density at radius 2 is 2.06 bits per heavy atom. The fourth-order valence-corrected chi connectivity index (χ4v) is 1.49.